The maximum atomic E-state index is 13.6. The van der Waals surface area contributed by atoms with Gasteiger partial charge in [-0.2, -0.15) is 0 Å². The van der Waals surface area contributed by atoms with Crippen molar-refractivity contribution in [1.82, 2.24) is 9.55 Å². The highest BCUT2D eigenvalue weighted by atomic mass is 35.5. The second-order valence-electron chi connectivity index (χ2n) is 8.31. The summed E-state index contributed by atoms with van der Waals surface area (Å²) >= 11 is 5.51. The van der Waals surface area contributed by atoms with Crippen molar-refractivity contribution in [2.45, 2.75) is 45.4 Å². The van der Waals surface area contributed by atoms with E-state index in [1.165, 1.54) is 14.8 Å². The molecule has 1 aromatic carbocycles. The third kappa shape index (κ3) is 3.51. The van der Waals surface area contributed by atoms with Gasteiger partial charge >= 0.3 is 19.1 Å². The molecule has 1 radical (unpaired) electrons. The molecule has 2 aliphatic heterocycles. The molecule has 1 atom stereocenters. The number of rotatable bonds is 6. The molecule has 179 valence electrons. The first-order valence-electron chi connectivity index (χ1n) is 11.1. The van der Waals surface area contributed by atoms with Gasteiger partial charge in [0.05, 0.1) is 29.0 Å². The molecule has 11 heteroatoms. The van der Waals surface area contributed by atoms with Gasteiger partial charge in [-0.15, -0.1) is 0 Å². The highest BCUT2D eigenvalue weighted by Gasteiger charge is 2.50. The Balaban J connectivity index is 1.74. The fourth-order valence-corrected chi connectivity index (χ4v) is 5.15. The lowest BCUT2D eigenvalue weighted by Gasteiger charge is -2.34. The second-order valence-corrected chi connectivity index (χ2v) is 8.62. The average molecular weight is 496 g/mol. The third-order valence-electron chi connectivity index (χ3n) is 6.63. The van der Waals surface area contributed by atoms with Crippen LogP contribution < -0.4 is 10.2 Å². The van der Waals surface area contributed by atoms with Gasteiger partial charge in [0.2, 0.25) is 5.60 Å². The van der Waals surface area contributed by atoms with Crippen molar-refractivity contribution in [2.75, 3.05) is 7.11 Å². The summed E-state index contributed by atoms with van der Waals surface area (Å²) < 4.78 is 22.5. The monoisotopic (exact) mass is 495 g/mol. The van der Waals surface area contributed by atoms with E-state index >= 15 is 0 Å². The van der Waals surface area contributed by atoms with Gasteiger partial charge in [0.15, 0.2) is 0 Å². The number of cyclic esters (lactones) is 1. The minimum Gasteiger partial charge on any atom is -0.537 e. The molecule has 2 aromatic heterocycles. The Morgan fingerprint density at radius 2 is 2.06 bits per heavy atom. The maximum absolute atomic E-state index is 13.6. The molecule has 0 bridgehead atoms. The summed E-state index contributed by atoms with van der Waals surface area (Å²) in [5, 5.41) is 0.913. The fraction of sp³-hybridized carbons (Fsp3) is 0.333. The SMILES string of the molecule is CCc1c2c(nc3ccc(O[B]OC)cc13)-c1cc3c(c(=O)n1C2)COC(=O)C3(CC)OC(=O)Cl. The van der Waals surface area contributed by atoms with Gasteiger partial charge in [0.1, 0.15) is 12.4 Å². The molecule has 5 rings (SSSR count). The molecule has 0 fully saturated rings. The zero-order valence-corrected chi connectivity index (χ0v) is 20.1. The summed E-state index contributed by atoms with van der Waals surface area (Å²) in [6.07, 6.45) is 0.755. The predicted octanol–water partition coefficient (Wildman–Crippen LogP) is 3.58. The van der Waals surface area contributed by atoms with Gasteiger partial charge in [-0.25, -0.2) is 14.6 Å². The Morgan fingerprint density at radius 1 is 1.26 bits per heavy atom. The van der Waals surface area contributed by atoms with Gasteiger partial charge in [-0.1, -0.05) is 13.8 Å². The van der Waals surface area contributed by atoms with Gasteiger partial charge in [-0.05, 0) is 42.7 Å². The lowest BCUT2D eigenvalue weighted by molar-refractivity contribution is -0.171. The minimum atomic E-state index is -1.79. The van der Waals surface area contributed by atoms with E-state index in [0.717, 1.165) is 22.0 Å². The lowest BCUT2D eigenvalue weighted by Crippen LogP contribution is -2.46. The number of hydrogen-bond acceptors (Lipinski definition) is 8. The molecule has 9 nitrogen and oxygen atoms in total. The molecule has 0 saturated carbocycles. The number of nitrogens with zero attached hydrogens (tertiary/aromatic N) is 2. The summed E-state index contributed by atoms with van der Waals surface area (Å²) in [5.41, 5.74) is 1.15. The minimum absolute atomic E-state index is 0.0552. The van der Waals surface area contributed by atoms with Crippen LogP contribution in [-0.2, 0) is 44.1 Å². The van der Waals surface area contributed by atoms with E-state index in [1.54, 1.807) is 23.6 Å². The molecule has 2 aliphatic rings. The Morgan fingerprint density at radius 3 is 2.74 bits per heavy atom. The zero-order chi connectivity index (χ0) is 24.9. The molecule has 0 saturated heterocycles. The first-order valence-corrected chi connectivity index (χ1v) is 11.5. The molecule has 0 amide bonds. The summed E-state index contributed by atoms with van der Waals surface area (Å²) in [7, 11) is 2.74. The fourth-order valence-electron chi connectivity index (χ4n) is 5.02. The van der Waals surface area contributed by atoms with Crippen LogP contribution >= 0.6 is 11.6 Å². The predicted molar refractivity (Wildman–Crippen MR) is 127 cm³/mol. The lowest BCUT2D eigenvalue weighted by atomic mass is 9.85. The number of benzene rings is 1. The number of fused-ring (bicyclic) bond motifs is 5. The number of pyridine rings is 2. The number of aromatic nitrogens is 2. The van der Waals surface area contributed by atoms with Crippen LogP contribution in [0.5, 0.6) is 5.75 Å². The quantitative estimate of drug-likeness (QED) is 0.227. The first-order chi connectivity index (χ1) is 16.8. The maximum Gasteiger partial charge on any atom is 0.572 e. The summed E-state index contributed by atoms with van der Waals surface area (Å²) in [5.74, 6) is -0.157. The summed E-state index contributed by atoms with van der Waals surface area (Å²) in [6.45, 7) is 3.81. The van der Waals surface area contributed by atoms with Crippen LogP contribution in [-0.4, -0.2) is 35.7 Å². The largest absolute Gasteiger partial charge is 0.572 e. The molecule has 3 aromatic rings. The normalized spacial score (nSPS) is 17.9. The van der Waals surface area contributed by atoms with Crippen molar-refractivity contribution >= 4 is 41.6 Å². The molecular formula is C24H21BClN2O7. The van der Waals surface area contributed by atoms with E-state index < -0.39 is 17.0 Å². The highest BCUT2D eigenvalue weighted by Crippen LogP contribution is 2.42. The van der Waals surface area contributed by atoms with E-state index in [2.05, 4.69) is 0 Å². The van der Waals surface area contributed by atoms with Crippen LogP contribution in [0.4, 0.5) is 4.79 Å². The number of carbonyl (C=O) groups is 2. The third-order valence-corrected chi connectivity index (χ3v) is 6.71. The first kappa shape index (κ1) is 23.4. The molecule has 0 N–H and O–H groups in total. The molecule has 35 heavy (non-hydrogen) atoms. The van der Waals surface area contributed by atoms with Gasteiger partial charge in [0, 0.05) is 35.2 Å². The van der Waals surface area contributed by atoms with E-state index in [9.17, 15) is 14.4 Å². The number of esters is 1. The van der Waals surface area contributed by atoms with E-state index in [4.69, 9.17) is 35.4 Å². The highest BCUT2D eigenvalue weighted by molar-refractivity contribution is 6.61. The summed E-state index contributed by atoms with van der Waals surface area (Å²) in [6, 6.07) is 7.22. The van der Waals surface area contributed by atoms with Gasteiger partial charge in [-0.3, -0.25) is 4.79 Å². The van der Waals surface area contributed by atoms with Crippen LogP contribution in [0, 0.1) is 0 Å². The topological polar surface area (TPSA) is 106 Å². The number of hydrogen-bond donors (Lipinski definition) is 0. The van der Waals surface area contributed by atoms with E-state index in [-0.39, 0.29) is 29.7 Å². The Labute approximate surface area is 206 Å². The van der Waals surface area contributed by atoms with E-state index in [1.807, 2.05) is 19.1 Å². The van der Waals surface area contributed by atoms with Crippen molar-refractivity contribution < 1.29 is 28.4 Å². The van der Waals surface area contributed by atoms with Crippen LogP contribution in [0.3, 0.4) is 0 Å². The van der Waals surface area contributed by atoms with Crippen LogP contribution in [0.15, 0.2) is 29.1 Å². The average Bonchev–Trinajstić information content (AvgIpc) is 3.21. The number of ether oxygens (including phenoxy) is 2. The van der Waals surface area contributed by atoms with Crippen LogP contribution in [0.25, 0.3) is 22.3 Å². The molecular weight excluding hydrogens is 475 g/mol. The molecule has 0 aliphatic carbocycles. The van der Waals surface area contributed by atoms with Crippen molar-refractivity contribution in [3.05, 3.63) is 56.9 Å². The van der Waals surface area contributed by atoms with E-state index in [0.29, 0.717) is 30.1 Å². The van der Waals surface area contributed by atoms with Crippen LogP contribution in [0.2, 0.25) is 0 Å². The molecule has 0 spiro atoms. The van der Waals surface area contributed by atoms with Crippen LogP contribution in [0.1, 0.15) is 42.5 Å². The Hall–Kier alpha value is -3.37. The number of halogens is 1. The number of aryl methyl sites for hydroxylation is 1. The zero-order valence-electron chi connectivity index (χ0n) is 19.3. The Bertz CT molecular complexity index is 1450. The van der Waals surface area contributed by atoms with Crippen molar-refractivity contribution in [3.8, 4) is 17.1 Å². The number of carbonyl (C=O) groups excluding carboxylic acids is 2. The van der Waals surface area contributed by atoms with Crippen molar-refractivity contribution in [3.63, 3.8) is 0 Å². The van der Waals surface area contributed by atoms with Crippen molar-refractivity contribution in [1.29, 1.82) is 0 Å². The molecule has 1 unspecified atom stereocenters. The smallest absolute Gasteiger partial charge is 0.537 e. The second kappa shape index (κ2) is 8.69. The van der Waals surface area contributed by atoms with Gasteiger partial charge in [0.25, 0.3) is 5.56 Å². The molecule has 4 heterocycles. The van der Waals surface area contributed by atoms with Gasteiger partial charge < -0.3 is 23.3 Å². The Kier molecular flexibility index (Phi) is 5.81. The standard InChI is InChI=1S/C24H21BClN2O7/c1-4-13-14-8-12(35-25-32-3)6-7-18(14)27-20-15(13)10-28-19(20)9-17-16(21(28)29)11-33-22(30)24(17,5-2)34-23(26)31/h6-9H,4-5,10-11H2,1-3H3. The van der Waals surface area contributed by atoms with Crippen molar-refractivity contribution in [2.24, 2.45) is 0 Å². The summed E-state index contributed by atoms with van der Waals surface area (Å²) in [4.78, 5) is 42.9.